The maximum Gasteiger partial charge on any atom is 0.242 e. The molecule has 0 fully saturated rings. The molecule has 0 spiro atoms. The number of carbonyl (C=O) groups is 2. The van der Waals surface area contributed by atoms with Crippen LogP contribution in [0.5, 0.6) is 0 Å². The third-order valence-corrected chi connectivity index (χ3v) is 7.70. The number of thiophene rings is 1. The van der Waals surface area contributed by atoms with Gasteiger partial charge in [-0.3, -0.25) is 9.59 Å². The van der Waals surface area contributed by atoms with Crippen molar-refractivity contribution in [1.82, 2.24) is 9.80 Å². The molecule has 0 saturated carbocycles. The first-order valence-corrected chi connectivity index (χ1v) is 13.8. The minimum Gasteiger partial charge on any atom is -0.382 e. The van der Waals surface area contributed by atoms with Crippen LogP contribution in [0.4, 0.5) is 0 Å². The lowest BCUT2D eigenvalue weighted by Gasteiger charge is -2.38. The summed E-state index contributed by atoms with van der Waals surface area (Å²) in [4.78, 5) is 32.4. The molecule has 0 unspecified atom stereocenters. The largest absolute Gasteiger partial charge is 0.382 e. The summed E-state index contributed by atoms with van der Waals surface area (Å²) in [5, 5.41) is 2.12. The van der Waals surface area contributed by atoms with Crippen molar-refractivity contribution in [1.29, 1.82) is 0 Å². The van der Waals surface area contributed by atoms with Gasteiger partial charge < -0.3 is 14.5 Å². The fourth-order valence-electron chi connectivity index (χ4n) is 4.81. The van der Waals surface area contributed by atoms with Crippen LogP contribution in [0, 0.1) is 5.92 Å². The predicted molar refractivity (Wildman–Crippen MR) is 139 cm³/mol. The highest BCUT2D eigenvalue weighted by atomic mass is 32.1. The second-order valence-electron chi connectivity index (χ2n) is 9.01. The number of hydrogen-bond acceptors (Lipinski definition) is 4. The quantitative estimate of drug-likeness (QED) is 0.343. The molecule has 1 aliphatic heterocycles. The van der Waals surface area contributed by atoms with E-state index in [4.69, 9.17) is 4.74 Å². The molecule has 0 aliphatic carbocycles. The Balaban J connectivity index is 1.80. The molecule has 186 valence electrons. The molecule has 0 N–H and O–H groups in total. The lowest BCUT2D eigenvalue weighted by Crippen LogP contribution is -2.48. The van der Waals surface area contributed by atoms with Gasteiger partial charge in [0.2, 0.25) is 11.8 Å². The Kier molecular flexibility index (Phi) is 10.6. The number of benzene rings is 1. The van der Waals surface area contributed by atoms with Gasteiger partial charge in [0.1, 0.15) is 0 Å². The van der Waals surface area contributed by atoms with E-state index in [9.17, 15) is 9.59 Å². The number of carbonyl (C=O) groups excluding carboxylic acids is 2. The number of rotatable bonds is 13. The highest BCUT2D eigenvalue weighted by Gasteiger charge is 2.34. The van der Waals surface area contributed by atoms with E-state index < -0.39 is 0 Å². The van der Waals surface area contributed by atoms with Crippen LogP contribution in [0.2, 0.25) is 0 Å². The molecule has 34 heavy (non-hydrogen) atoms. The molecule has 1 aromatic heterocycles. The fraction of sp³-hybridized carbons (Fsp3) is 0.571. The Morgan fingerprint density at radius 1 is 1.15 bits per heavy atom. The van der Waals surface area contributed by atoms with Crippen LogP contribution in [0.3, 0.4) is 0 Å². The van der Waals surface area contributed by atoms with Crippen molar-refractivity contribution in [3.63, 3.8) is 0 Å². The van der Waals surface area contributed by atoms with Crippen molar-refractivity contribution >= 4 is 23.2 Å². The average molecular weight is 485 g/mol. The predicted octanol–water partition coefficient (Wildman–Crippen LogP) is 5.69. The maximum absolute atomic E-state index is 13.7. The van der Waals surface area contributed by atoms with Gasteiger partial charge in [-0.15, -0.1) is 11.3 Å². The summed E-state index contributed by atoms with van der Waals surface area (Å²) < 4.78 is 5.51. The Morgan fingerprint density at radius 3 is 2.65 bits per heavy atom. The monoisotopic (exact) mass is 484 g/mol. The molecule has 0 bridgehead atoms. The van der Waals surface area contributed by atoms with Crippen LogP contribution in [0.15, 0.2) is 41.8 Å². The zero-order valence-electron chi connectivity index (χ0n) is 21.0. The first-order chi connectivity index (χ1) is 16.6. The molecule has 2 heterocycles. The molecule has 2 atom stereocenters. The number of ether oxygens (including phenoxy) is 1. The van der Waals surface area contributed by atoms with E-state index in [1.54, 1.807) is 16.2 Å². The SMILES string of the molecule is CCCC[C@H](CC)C(=O)N(CCCOCC)CC(=O)N1CCc2sccc2[C@H]1c1ccccc1. The van der Waals surface area contributed by atoms with Gasteiger partial charge in [0, 0.05) is 37.1 Å². The number of nitrogens with zero attached hydrogens (tertiary/aromatic N) is 2. The van der Waals surface area contributed by atoms with E-state index in [0.29, 0.717) is 26.3 Å². The van der Waals surface area contributed by atoms with Gasteiger partial charge in [-0.1, -0.05) is 57.0 Å². The van der Waals surface area contributed by atoms with Crippen LogP contribution in [-0.4, -0.2) is 54.5 Å². The van der Waals surface area contributed by atoms with Crippen molar-refractivity contribution in [3.8, 4) is 0 Å². The van der Waals surface area contributed by atoms with Gasteiger partial charge >= 0.3 is 0 Å². The second-order valence-corrected chi connectivity index (χ2v) is 10.0. The molecule has 3 rings (SSSR count). The standard InChI is InChI=1S/C28H40N2O3S/c1-4-7-12-22(5-2)28(32)29(17-11-19-33-6-3)21-26(31)30-18-15-25-24(16-20-34-25)27(30)23-13-9-8-10-14-23/h8-10,13-14,16,20,22,27H,4-7,11-12,15,17-19,21H2,1-3H3/t22-,27+/m0/s1. The van der Waals surface area contributed by atoms with E-state index in [2.05, 4.69) is 37.4 Å². The van der Waals surface area contributed by atoms with Gasteiger partial charge in [-0.25, -0.2) is 0 Å². The van der Waals surface area contributed by atoms with E-state index in [1.165, 1.54) is 10.4 Å². The summed E-state index contributed by atoms with van der Waals surface area (Å²) in [5.74, 6) is 0.126. The Bertz CT molecular complexity index is 898. The van der Waals surface area contributed by atoms with Crippen molar-refractivity contribution in [2.45, 2.75) is 65.3 Å². The number of amides is 2. The number of unbranched alkanes of at least 4 members (excludes halogenated alkanes) is 1. The van der Waals surface area contributed by atoms with Gasteiger partial charge in [-0.2, -0.15) is 0 Å². The minimum absolute atomic E-state index is 0.0189. The molecule has 2 amide bonds. The van der Waals surface area contributed by atoms with Crippen molar-refractivity contribution < 1.29 is 14.3 Å². The fourth-order valence-corrected chi connectivity index (χ4v) is 5.72. The highest BCUT2D eigenvalue weighted by Crippen LogP contribution is 2.37. The summed E-state index contributed by atoms with van der Waals surface area (Å²) in [6.07, 6.45) is 5.42. The van der Waals surface area contributed by atoms with Crippen molar-refractivity contribution in [2.75, 3.05) is 32.8 Å². The van der Waals surface area contributed by atoms with Crippen molar-refractivity contribution in [3.05, 3.63) is 57.8 Å². The lowest BCUT2D eigenvalue weighted by molar-refractivity contribution is -0.144. The number of hydrogen-bond donors (Lipinski definition) is 0. The van der Waals surface area contributed by atoms with Gasteiger partial charge in [0.15, 0.2) is 0 Å². The molecule has 1 aromatic carbocycles. The topological polar surface area (TPSA) is 49.9 Å². The minimum atomic E-state index is -0.0915. The molecule has 6 heteroatoms. The molecule has 1 aliphatic rings. The average Bonchev–Trinajstić information content (AvgIpc) is 3.35. The van der Waals surface area contributed by atoms with Gasteiger partial charge in [0.25, 0.3) is 0 Å². The first kappa shape index (κ1) is 26.4. The van der Waals surface area contributed by atoms with Crippen LogP contribution >= 0.6 is 11.3 Å². The molecule has 0 saturated heterocycles. The second kappa shape index (κ2) is 13.6. The summed E-state index contributed by atoms with van der Waals surface area (Å²) in [6, 6.07) is 12.3. The van der Waals surface area contributed by atoms with E-state index in [0.717, 1.165) is 44.1 Å². The summed E-state index contributed by atoms with van der Waals surface area (Å²) >= 11 is 1.77. The molecule has 2 aromatic rings. The van der Waals surface area contributed by atoms with Gasteiger partial charge in [-0.05, 0) is 55.2 Å². The highest BCUT2D eigenvalue weighted by molar-refractivity contribution is 7.10. The first-order valence-electron chi connectivity index (χ1n) is 12.9. The maximum atomic E-state index is 13.7. The number of fused-ring (bicyclic) bond motifs is 1. The van der Waals surface area contributed by atoms with Gasteiger partial charge in [0.05, 0.1) is 12.6 Å². The van der Waals surface area contributed by atoms with Crippen LogP contribution in [0.1, 0.15) is 74.9 Å². The molecular weight excluding hydrogens is 444 g/mol. The molecule has 0 radical (unpaired) electrons. The van der Waals surface area contributed by atoms with E-state index in [1.807, 2.05) is 30.0 Å². The zero-order valence-corrected chi connectivity index (χ0v) is 21.8. The van der Waals surface area contributed by atoms with Crippen LogP contribution in [0.25, 0.3) is 0 Å². The zero-order chi connectivity index (χ0) is 24.3. The summed E-state index contributed by atoms with van der Waals surface area (Å²) in [5.41, 5.74) is 2.35. The normalized spacial score (nSPS) is 16.2. The van der Waals surface area contributed by atoms with E-state index >= 15 is 0 Å². The third kappa shape index (κ3) is 6.70. The van der Waals surface area contributed by atoms with Crippen molar-refractivity contribution in [2.24, 2.45) is 5.92 Å². The van der Waals surface area contributed by atoms with E-state index in [-0.39, 0.29) is 30.3 Å². The summed E-state index contributed by atoms with van der Waals surface area (Å²) in [6.45, 7) is 8.84. The smallest absolute Gasteiger partial charge is 0.242 e. The lowest BCUT2D eigenvalue weighted by atomic mass is 9.93. The van der Waals surface area contributed by atoms with Crippen LogP contribution in [-0.2, 0) is 20.7 Å². The Labute approximate surface area is 209 Å². The summed E-state index contributed by atoms with van der Waals surface area (Å²) in [7, 11) is 0. The van der Waals surface area contributed by atoms with Crippen LogP contribution < -0.4 is 0 Å². The molecule has 5 nitrogen and oxygen atoms in total. The molecular formula is C28H40N2O3S. The Morgan fingerprint density at radius 2 is 1.94 bits per heavy atom. The third-order valence-electron chi connectivity index (χ3n) is 6.71. The Hall–Kier alpha value is -2.18.